The third-order valence-corrected chi connectivity index (χ3v) is 5.22. The summed E-state index contributed by atoms with van der Waals surface area (Å²) in [5, 5.41) is 13.7. The van der Waals surface area contributed by atoms with E-state index in [4.69, 9.17) is 23.7 Å². The monoisotopic (exact) mass is 488 g/mol. The zero-order valence-corrected chi connectivity index (χ0v) is 20.6. The van der Waals surface area contributed by atoms with Gasteiger partial charge in [0.15, 0.2) is 0 Å². The van der Waals surface area contributed by atoms with E-state index in [9.17, 15) is 0 Å². The number of hydrogen-bond donors (Lipinski definition) is 4. The van der Waals surface area contributed by atoms with Crippen LogP contribution in [0.1, 0.15) is 0 Å². The molecule has 3 rings (SSSR count). The molecule has 0 radical (unpaired) electrons. The van der Waals surface area contributed by atoms with E-state index in [0.717, 1.165) is 48.9 Å². The maximum absolute atomic E-state index is 5.69. The molecule has 9 heteroatoms. The predicted octanol–water partition coefficient (Wildman–Crippen LogP) is 3.13. The lowest BCUT2D eigenvalue weighted by atomic mass is 10.2. The molecule has 9 nitrogen and oxygen atoms in total. The van der Waals surface area contributed by atoms with Gasteiger partial charge in [0.2, 0.25) is 0 Å². The highest BCUT2D eigenvalue weighted by atomic mass is 16.5. The van der Waals surface area contributed by atoms with Crippen LogP contribution in [0.4, 0.5) is 22.7 Å². The average Bonchev–Trinajstić information content (AvgIpc) is 2.88. The van der Waals surface area contributed by atoms with Crippen molar-refractivity contribution in [3.8, 4) is 0 Å². The van der Waals surface area contributed by atoms with Crippen molar-refractivity contribution in [2.45, 2.75) is 0 Å². The number of fused-ring (bicyclic) bond motifs is 2. The Morgan fingerprint density at radius 2 is 0.571 bits per heavy atom. The maximum Gasteiger partial charge on any atom is 0.0701 e. The summed E-state index contributed by atoms with van der Waals surface area (Å²) in [5.41, 5.74) is 4.20. The van der Waals surface area contributed by atoms with E-state index in [1.165, 1.54) is 0 Å². The fourth-order valence-corrected chi connectivity index (χ4v) is 3.48. The standard InChI is InChI=1S/C26H40N4O5/c1-3-7-25-23(5-1)27-9-13-31-17-18-32-14-10-28-24-6-2-4-8-26(24)30-12-16-34-20-22-35-21-19-33-15-11-29-25/h1-8,27-30H,9-22H2. The lowest BCUT2D eigenvalue weighted by Crippen LogP contribution is -2.16. The minimum atomic E-state index is 0.558. The van der Waals surface area contributed by atoms with Gasteiger partial charge in [-0.1, -0.05) is 24.3 Å². The van der Waals surface area contributed by atoms with E-state index in [2.05, 4.69) is 45.5 Å². The van der Waals surface area contributed by atoms with Gasteiger partial charge in [0, 0.05) is 26.2 Å². The zero-order chi connectivity index (χ0) is 24.2. The largest absolute Gasteiger partial charge is 0.381 e. The number of nitrogens with one attached hydrogen (secondary N) is 4. The molecule has 0 aliphatic carbocycles. The average molecular weight is 489 g/mol. The first kappa shape index (κ1) is 27.0. The molecule has 0 aromatic heterocycles. The molecule has 1 heterocycles. The van der Waals surface area contributed by atoms with Crippen LogP contribution in [-0.4, -0.2) is 92.2 Å². The van der Waals surface area contributed by atoms with Crippen LogP contribution < -0.4 is 21.3 Å². The Labute approximate surface area is 208 Å². The number of benzene rings is 2. The van der Waals surface area contributed by atoms with Gasteiger partial charge in [-0.2, -0.15) is 0 Å². The van der Waals surface area contributed by atoms with Gasteiger partial charge in [-0.15, -0.1) is 0 Å². The number of rotatable bonds is 0. The third kappa shape index (κ3) is 11.6. The van der Waals surface area contributed by atoms with E-state index in [1.54, 1.807) is 0 Å². The van der Waals surface area contributed by atoms with Crippen LogP contribution in [0, 0.1) is 0 Å². The van der Waals surface area contributed by atoms with E-state index in [-0.39, 0.29) is 0 Å². The van der Waals surface area contributed by atoms with E-state index in [0.29, 0.717) is 66.1 Å². The zero-order valence-electron chi connectivity index (χ0n) is 20.6. The minimum Gasteiger partial charge on any atom is -0.381 e. The summed E-state index contributed by atoms with van der Waals surface area (Å²) in [7, 11) is 0. The molecule has 4 N–H and O–H groups in total. The molecule has 35 heavy (non-hydrogen) atoms. The first-order valence-corrected chi connectivity index (χ1v) is 12.5. The lowest BCUT2D eigenvalue weighted by Gasteiger charge is -2.14. The Hall–Kier alpha value is -2.56. The first-order chi connectivity index (χ1) is 17.4. The van der Waals surface area contributed by atoms with Gasteiger partial charge in [-0.25, -0.2) is 0 Å². The van der Waals surface area contributed by atoms with Gasteiger partial charge in [0.1, 0.15) is 0 Å². The number of ether oxygens (including phenoxy) is 5. The van der Waals surface area contributed by atoms with Crippen molar-refractivity contribution < 1.29 is 23.7 Å². The van der Waals surface area contributed by atoms with Gasteiger partial charge in [0.05, 0.1) is 88.8 Å². The summed E-state index contributed by atoms with van der Waals surface area (Å²) in [6, 6.07) is 16.3. The smallest absolute Gasteiger partial charge is 0.0701 e. The van der Waals surface area contributed by atoms with Crippen molar-refractivity contribution in [1.82, 2.24) is 0 Å². The van der Waals surface area contributed by atoms with Gasteiger partial charge in [0.25, 0.3) is 0 Å². The van der Waals surface area contributed by atoms with Crippen molar-refractivity contribution in [3.63, 3.8) is 0 Å². The van der Waals surface area contributed by atoms with E-state index in [1.807, 2.05) is 24.3 Å². The number of para-hydroxylation sites is 4. The minimum absolute atomic E-state index is 0.558. The summed E-state index contributed by atoms with van der Waals surface area (Å²) in [4.78, 5) is 0. The fourth-order valence-electron chi connectivity index (χ4n) is 3.48. The molecule has 194 valence electrons. The summed E-state index contributed by atoms with van der Waals surface area (Å²) < 4.78 is 28.3. The summed E-state index contributed by atoms with van der Waals surface area (Å²) in [6.45, 7) is 8.72. The topological polar surface area (TPSA) is 94.3 Å². The molecular formula is C26H40N4O5. The van der Waals surface area contributed by atoms with Crippen molar-refractivity contribution in [1.29, 1.82) is 0 Å². The number of hydrogen-bond acceptors (Lipinski definition) is 9. The Kier molecular flexibility index (Phi) is 13.8. The Morgan fingerprint density at radius 1 is 0.343 bits per heavy atom. The highest BCUT2D eigenvalue weighted by Crippen LogP contribution is 2.21. The molecule has 0 amide bonds. The summed E-state index contributed by atoms with van der Waals surface area (Å²) in [6.07, 6.45) is 0. The van der Waals surface area contributed by atoms with Crippen LogP contribution in [-0.2, 0) is 23.7 Å². The van der Waals surface area contributed by atoms with Gasteiger partial charge in [-0.05, 0) is 24.3 Å². The Bertz CT molecular complexity index is 745. The molecular weight excluding hydrogens is 448 g/mol. The van der Waals surface area contributed by atoms with Crippen LogP contribution in [0.5, 0.6) is 0 Å². The molecule has 0 atom stereocenters. The highest BCUT2D eigenvalue weighted by Gasteiger charge is 2.02. The molecule has 0 saturated carbocycles. The molecule has 0 bridgehead atoms. The van der Waals surface area contributed by atoms with Crippen LogP contribution in [0.15, 0.2) is 48.5 Å². The Morgan fingerprint density at radius 3 is 0.829 bits per heavy atom. The third-order valence-electron chi connectivity index (χ3n) is 5.22. The van der Waals surface area contributed by atoms with Gasteiger partial charge in [-0.3, -0.25) is 0 Å². The normalized spacial score (nSPS) is 18.7. The fraction of sp³-hybridized carbons (Fsp3) is 0.538. The first-order valence-electron chi connectivity index (χ1n) is 12.5. The van der Waals surface area contributed by atoms with E-state index < -0.39 is 0 Å². The summed E-state index contributed by atoms with van der Waals surface area (Å²) >= 11 is 0. The number of anilines is 4. The van der Waals surface area contributed by atoms with Crippen LogP contribution >= 0.6 is 0 Å². The van der Waals surface area contributed by atoms with Crippen molar-refractivity contribution in [2.75, 3.05) is 114 Å². The van der Waals surface area contributed by atoms with Crippen molar-refractivity contribution in [3.05, 3.63) is 48.5 Å². The van der Waals surface area contributed by atoms with Crippen LogP contribution in [0.3, 0.4) is 0 Å². The molecule has 2 aromatic rings. The van der Waals surface area contributed by atoms with Crippen molar-refractivity contribution in [2.24, 2.45) is 0 Å². The van der Waals surface area contributed by atoms with Crippen LogP contribution in [0.25, 0.3) is 0 Å². The van der Waals surface area contributed by atoms with Gasteiger partial charge < -0.3 is 45.0 Å². The van der Waals surface area contributed by atoms with Gasteiger partial charge >= 0.3 is 0 Å². The molecule has 0 unspecified atom stereocenters. The second-order valence-corrected chi connectivity index (χ2v) is 7.86. The van der Waals surface area contributed by atoms with Crippen molar-refractivity contribution >= 4 is 22.7 Å². The second-order valence-electron chi connectivity index (χ2n) is 7.86. The quantitative estimate of drug-likeness (QED) is 0.446. The Balaban J connectivity index is 1.41. The molecule has 0 saturated heterocycles. The highest BCUT2D eigenvalue weighted by molar-refractivity contribution is 5.69. The molecule has 2 aromatic carbocycles. The molecule has 0 spiro atoms. The lowest BCUT2D eigenvalue weighted by molar-refractivity contribution is 0.0183. The van der Waals surface area contributed by atoms with E-state index >= 15 is 0 Å². The van der Waals surface area contributed by atoms with Crippen LogP contribution in [0.2, 0.25) is 0 Å². The second kappa shape index (κ2) is 17.8. The molecule has 1 aliphatic rings. The molecule has 0 fully saturated rings. The predicted molar refractivity (Wildman–Crippen MR) is 141 cm³/mol. The molecule has 1 aliphatic heterocycles. The maximum atomic E-state index is 5.69. The SMILES string of the molecule is c1ccc2c(c1)NCCOCCOCCNc1ccccc1NCCOCCOCCOCCN2. The summed E-state index contributed by atoms with van der Waals surface area (Å²) in [5.74, 6) is 0.